The lowest BCUT2D eigenvalue weighted by Gasteiger charge is -2.29. The van der Waals surface area contributed by atoms with Gasteiger partial charge in [-0.2, -0.15) is 0 Å². The standard InChI is InChI=1S/C78H75N9O6/c1-47(2)44-66(77(92)87-73(48(3)4)78(93)86-68(46-52-24-14-8-15-25-52)76(91)85-67(45-51-22-12-7-13-23-51)75(90)79-49(5)50(6)88)84-74(89)57-34-32-56(33-35-57)72-64-42-40-62(82-64)70(54-28-18-10-19-29-54)60-38-36-58(80-60)69(53-26-16-9-17-27-53)59-37-39-61(81-59)71(55-30-20-11-21-31-55)63-41-43-65(72)83-63/h7-43,47-49,66-68,73,80,83H,44-46H2,1-6H3,(H,79,90)(H,84,89)(H,85,91)(H,86,93)(H,87,92)/t49-,66?,67-,68-,73-/m0/s1. The van der Waals surface area contributed by atoms with Crippen molar-refractivity contribution in [1.82, 2.24) is 46.5 Å². The fourth-order valence-corrected chi connectivity index (χ4v) is 11.8. The lowest BCUT2D eigenvalue weighted by Crippen LogP contribution is -2.60. The fraction of sp³-hybridized carbons (Fsp3) is 0.205. The Kier molecular flexibility index (Phi) is 19.7. The van der Waals surface area contributed by atoms with Crippen molar-refractivity contribution in [2.45, 2.75) is 91.0 Å². The number of nitrogens with zero attached hydrogens (tertiary/aromatic N) is 2. The van der Waals surface area contributed by atoms with Gasteiger partial charge in [-0.05, 0) is 126 Å². The van der Waals surface area contributed by atoms with Gasteiger partial charge in [-0.1, -0.05) is 191 Å². The zero-order chi connectivity index (χ0) is 65.1. The molecule has 0 saturated carbocycles. The van der Waals surface area contributed by atoms with E-state index in [9.17, 15) is 28.8 Å². The summed E-state index contributed by atoms with van der Waals surface area (Å²) in [6, 6.07) is 59.2. The number of fused-ring (bicyclic) bond motifs is 8. The minimum atomic E-state index is -1.20. The van der Waals surface area contributed by atoms with E-state index in [-0.39, 0.29) is 31.0 Å². The third-order valence-electron chi connectivity index (χ3n) is 16.8. The van der Waals surface area contributed by atoms with Gasteiger partial charge in [-0.25, -0.2) is 9.97 Å². The molecule has 15 heteroatoms. The second kappa shape index (κ2) is 28.8. The number of hydrogen-bond donors (Lipinski definition) is 7. The van der Waals surface area contributed by atoms with Gasteiger partial charge in [0.2, 0.25) is 23.6 Å². The Morgan fingerprint density at radius 2 is 0.720 bits per heavy atom. The Morgan fingerprint density at radius 1 is 0.376 bits per heavy atom. The molecule has 93 heavy (non-hydrogen) atoms. The molecule has 5 amide bonds. The number of rotatable bonds is 22. The Labute approximate surface area is 541 Å². The van der Waals surface area contributed by atoms with Crippen molar-refractivity contribution in [2.75, 3.05) is 0 Å². The summed E-state index contributed by atoms with van der Waals surface area (Å²) in [7, 11) is 0. The Morgan fingerprint density at radius 3 is 1.09 bits per heavy atom. The molecule has 0 aliphatic carbocycles. The molecule has 5 heterocycles. The zero-order valence-electron chi connectivity index (χ0n) is 52.9. The van der Waals surface area contributed by atoms with Crippen LogP contribution >= 0.6 is 0 Å². The smallest absolute Gasteiger partial charge is 0.251 e. The van der Waals surface area contributed by atoms with Gasteiger partial charge >= 0.3 is 0 Å². The Balaban J connectivity index is 0.905. The van der Waals surface area contributed by atoms with Crippen LogP contribution in [0.1, 0.15) is 92.2 Å². The highest BCUT2D eigenvalue weighted by atomic mass is 16.2. The maximum atomic E-state index is 14.6. The SMILES string of the molecule is CC(=O)[C@H](C)NC(=O)[C@H](Cc1ccccc1)NC(=O)[C@H](Cc1ccccc1)NC(=O)[C@@H](NC(=O)C(CC(C)C)NC(=O)c1ccc(-c2c3nc(c(-c4ccccc4)c4ccc([nH]4)c(-c4ccccc4)c4nc(c(-c5ccccc5)c5ccc2[nH]5)C=C4)C=C3)cc1)C(C)C. The molecular formula is C78H75N9O6. The van der Waals surface area contributed by atoms with E-state index in [2.05, 4.69) is 103 Å². The highest BCUT2D eigenvalue weighted by Gasteiger charge is 2.34. The molecule has 468 valence electrons. The zero-order valence-corrected chi connectivity index (χ0v) is 52.9. The molecule has 3 aromatic heterocycles. The van der Waals surface area contributed by atoms with Crippen LogP contribution < -0.4 is 26.6 Å². The average molecular weight is 1230 g/mol. The first-order valence-electron chi connectivity index (χ1n) is 31.6. The first kappa shape index (κ1) is 63.5. The van der Waals surface area contributed by atoms with E-state index in [1.165, 1.54) is 6.92 Å². The number of aromatic nitrogens is 4. The first-order valence-corrected chi connectivity index (χ1v) is 31.6. The van der Waals surface area contributed by atoms with Crippen LogP contribution in [0, 0.1) is 11.8 Å². The molecule has 8 bridgehead atoms. The van der Waals surface area contributed by atoms with Crippen LogP contribution in [0.15, 0.2) is 200 Å². The summed E-state index contributed by atoms with van der Waals surface area (Å²) in [5.41, 5.74) is 15.5. The summed E-state index contributed by atoms with van der Waals surface area (Å²) in [4.78, 5) is 103. The van der Waals surface area contributed by atoms with Gasteiger partial charge in [0.25, 0.3) is 5.91 Å². The van der Waals surface area contributed by atoms with Gasteiger partial charge < -0.3 is 36.6 Å². The monoisotopic (exact) mass is 1230 g/mol. The summed E-state index contributed by atoms with van der Waals surface area (Å²) in [5.74, 6) is -3.69. The molecule has 2 aliphatic heterocycles. The molecule has 0 saturated heterocycles. The molecule has 6 aromatic carbocycles. The normalized spacial score (nSPS) is 13.3. The molecule has 15 nitrogen and oxygen atoms in total. The summed E-state index contributed by atoms with van der Waals surface area (Å²) >= 11 is 0. The molecular weight excluding hydrogens is 1160 g/mol. The number of nitrogens with one attached hydrogen (secondary N) is 7. The number of carbonyl (C=O) groups excluding carboxylic acids is 6. The van der Waals surface area contributed by atoms with Crippen LogP contribution in [0.2, 0.25) is 0 Å². The fourth-order valence-electron chi connectivity index (χ4n) is 11.8. The van der Waals surface area contributed by atoms with E-state index in [1.54, 1.807) is 32.9 Å². The number of benzene rings is 6. The summed E-state index contributed by atoms with van der Waals surface area (Å²) < 4.78 is 0. The van der Waals surface area contributed by atoms with Crippen molar-refractivity contribution in [3.05, 3.63) is 240 Å². The maximum Gasteiger partial charge on any atom is 0.251 e. The quantitative estimate of drug-likeness (QED) is 0.0345. The highest BCUT2D eigenvalue weighted by molar-refractivity contribution is 6.03. The average Bonchev–Trinajstić information content (AvgIpc) is 1.69. The summed E-state index contributed by atoms with van der Waals surface area (Å²) in [5, 5.41) is 14.4. The number of carbonyl (C=O) groups is 6. The first-order chi connectivity index (χ1) is 45.0. The van der Waals surface area contributed by atoms with Crippen LogP contribution in [-0.4, -0.2) is 85.5 Å². The number of amides is 5. The van der Waals surface area contributed by atoms with Crippen LogP contribution in [0.5, 0.6) is 0 Å². The molecule has 11 rings (SSSR count). The summed E-state index contributed by atoms with van der Waals surface area (Å²) in [6.45, 7) is 10.4. The van der Waals surface area contributed by atoms with E-state index in [0.717, 1.165) is 94.8 Å². The molecule has 0 fully saturated rings. The van der Waals surface area contributed by atoms with E-state index in [0.29, 0.717) is 11.3 Å². The molecule has 0 spiro atoms. The predicted molar refractivity (Wildman–Crippen MR) is 371 cm³/mol. The van der Waals surface area contributed by atoms with Crippen molar-refractivity contribution in [3.63, 3.8) is 0 Å². The lowest BCUT2D eigenvalue weighted by molar-refractivity contribution is -0.135. The van der Waals surface area contributed by atoms with E-state index < -0.39 is 65.7 Å². The van der Waals surface area contributed by atoms with Gasteiger partial charge in [-0.3, -0.25) is 28.8 Å². The van der Waals surface area contributed by atoms with Crippen LogP contribution in [0.3, 0.4) is 0 Å². The molecule has 5 atom stereocenters. The minimum absolute atomic E-state index is 0.0545. The number of H-pyrrole nitrogens is 2. The minimum Gasteiger partial charge on any atom is -0.354 e. The maximum absolute atomic E-state index is 14.6. The van der Waals surface area contributed by atoms with Crippen LogP contribution in [-0.2, 0) is 36.8 Å². The van der Waals surface area contributed by atoms with Crippen molar-refractivity contribution >= 4 is 81.7 Å². The van der Waals surface area contributed by atoms with Gasteiger partial charge in [-0.15, -0.1) is 0 Å². The largest absolute Gasteiger partial charge is 0.354 e. The van der Waals surface area contributed by atoms with Crippen molar-refractivity contribution in [1.29, 1.82) is 0 Å². The number of hydrogen-bond acceptors (Lipinski definition) is 8. The van der Waals surface area contributed by atoms with E-state index >= 15 is 0 Å². The topological polar surface area (TPSA) is 220 Å². The predicted octanol–water partition coefficient (Wildman–Crippen LogP) is 13.2. The lowest BCUT2D eigenvalue weighted by atomic mass is 9.98. The van der Waals surface area contributed by atoms with Crippen LogP contribution in [0.4, 0.5) is 0 Å². The Hall–Kier alpha value is -11.1. The van der Waals surface area contributed by atoms with Gasteiger partial charge in [0.15, 0.2) is 5.78 Å². The second-order valence-corrected chi connectivity index (χ2v) is 24.4. The second-order valence-electron chi connectivity index (χ2n) is 24.4. The number of ketones is 1. The third-order valence-corrected chi connectivity index (χ3v) is 16.8. The van der Waals surface area contributed by atoms with Crippen molar-refractivity contribution in [2.24, 2.45) is 11.8 Å². The summed E-state index contributed by atoms with van der Waals surface area (Å²) in [6.07, 6.45) is 8.61. The van der Waals surface area contributed by atoms with Crippen molar-refractivity contribution < 1.29 is 28.8 Å². The van der Waals surface area contributed by atoms with E-state index in [4.69, 9.17) is 9.97 Å². The van der Waals surface area contributed by atoms with Gasteiger partial charge in [0, 0.05) is 62.7 Å². The number of Topliss-reactive ketones (excluding diaryl/α,β-unsaturated/α-hetero) is 1. The van der Waals surface area contributed by atoms with Crippen LogP contribution in [0.25, 0.3) is 90.9 Å². The number of aromatic amines is 2. The van der Waals surface area contributed by atoms with Gasteiger partial charge in [0.1, 0.15) is 24.2 Å². The highest BCUT2D eigenvalue weighted by Crippen LogP contribution is 2.38. The van der Waals surface area contributed by atoms with Gasteiger partial charge in [0.05, 0.1) is 28.8 Å². The molecule has 0 radical (unpaired) electrons. The third kappa shape index (κ3) is 15.1. The van der Waals surface area contributed by atoms with Crippen molar-refractivity contribution in [3.8, 4) is 44.5 Å². The molecule has 1 unspecified atom stereocenters. The molecule has 7 N–H and O–H groups in total. The molecule has 2 aliphatic rings. The molecule has 9 aromatic rings. The Bertz CT molecular complexity index is 4410. The van der Waals surface area contributed by atoms with E-state index in [1.807, 2.05) is 159 Å².